The summed E-state index contributed by atoms with van der Waals surface area (Å²) in [5, 5.41) is 0. The molecule has 4 unspecified atom stereocenters. The lowest BCUT2D eigenvalue weighted by Gasteiger charge is -2.17. The van der Waals surface area contributed by atoms with Crippen molar-refractivity contribution in [1.82, 2.24) is 0 Å². The molecule has 13 heavy (non-hydrogen) atoms. The molecule has 2 aliphatic carbocycles. The molecule has 0 spiro atoms. The number of cyclic esters (lactones) is 2. The SMILES string of the molecule is O=C1OC(=O)C2CC1C1C=CCC21. The first kappa shape index (κ1) is 7.30. The van der Waals surface area contributed by atoms with Crippen LogP contribution in [0.1, 0.15) is 12.8 Å². The molecule has 0 radical (unpaired) electrons. The highest BCUT2D eigenvalue weighted by Crippen LogP contribution is 2.50. The van der Waals surface area contributed by atoms with Crippen molar-refractivity contribution in [3.05, 3.63) is 12.2 Å². The van der Waals surface area contributed by atoms with E-state index in [0.29, 0.717) is 5.92 Å². The van der Waals surface area contributed by atoms with E-state index in [-0.39, 0.29) is 29.7 Å². The number of carbonyl (C=O) groups is 2. The number of hydrogen-bond acceptors (Lipinski definition) is 3. The van der Waals surface area contributed by atoms with Crippen molar-refractivity contribution in [1.29, 1.82) is 0 Å². The molecule has 0 aromatic carbocycles. The highest BCUT2D eigenvalue weighted by atomic mass is 16.6. The van der Waals surface area contributed by atoms with Gasteiger partial charge in [0.1, 0.15) is 0 Å². The molecule has 1 aliphatic heterocycles. The molecule has 4 atom stereocenters. The summed E-state index contributed by atoms with van der Waals surface area (Å²) in [6.07, 6.45) is 5.82. The summed E-state index contributed by atoms with van der Waals surface area (Å²) < 4.78 is 4.70. The number of allylic oxidation sites excluding steroid dienone is 2. The summed E-state index contributed by atoms with van der Waals surface area (Å²) in [6, 6.07) is 0. The molecule has 0 aromatic rings. The number of esters is 2. The van der Waals surface area contributed by atoms with Crippen LogP contribution in [0, 0.1) is 23.7 Å². The summed E-state index contributed by atoms with van der Waals surface area (Å²) in [7, 11) is 0. The largest absolute Gasteiger partial charge is 0.393 e. The molecule has 1 heterocycles. The van der Waals surface area contributed by atoms with Crippen molar-refractivity contribution >= 4 is 11.9 Å². The Balaban J connectivity index is 2.02. The highest BCUT2D eigenvalue weighted by molar-refractivity contribution is 5.92. The van der Waals surface area contributed by atoms with Gasteiger partial charge in [-0.2, -0.15) is 0 Å². The molecule has 0 N–H and O–H groups in total. The zero-order valence-electron chi connectivity index (χ0n) is 7.10. The molecular formula is C10H10O3. The third kappa shape index (κ3) is 0.794. The Morgan fingerprint density at radius 3 is 2.85 bits per heavy atom. The van der Waals surface area contributed by atoms with Crippen LogP contribution in [0.2, 0.25) is 0 Å². The topological polar surface area (TPSA) is 43.4 Å². The number of ether oxygens (including phenoxy) is 1. The molecule has 3 nitrogen and oxygen atoms in total. The lowest BCUT2D eigenvalue weighted by Crippen LogP contribution is -2.30. The predicted octanol–water partition coefficient (Wildman–Crippen LogP) is 0.898. The van der Waals surface area contributed by atoms with E-state index < -0.39 is 0 Å². The molecule has 0 amide bonds. The molecule has 0 aromatic heterocycles. The molecule has 1 saturated heterocycles. The van der Waals surface area contributed by atoms with Crippen LogP contribution in [0.5, 0.6) is 0 Å². The lowest BCUT2D eigenvalue weighted by molar-refractivity contribution is -0.169. The van der Waals surface area contributed by atoms with Crippen molar-refractivity contribution in [2.75, 3.05) is 0 Å². The van der Waals surface area contributed by atoms with E-state index in [1.165, 1.54) is 0 Å². The van der Waals surface area contributed by atoms with Gasteiger partial charge in [0.25, 0.3) is 0 Å². The predicted molar refractivity (Wildman–Crippen MR) is 43.4 cm³/mol. The smallest absolute Gasteiger partial charge is 0.317 e. The first-order chi connectivity index (χ1) is 6.27. The second-order valence-corrected chi connectivity index (χ2v) is 4.09. The van der Waals surface area contributed by atoms with Gasteiger partial charge in [0.2, 0.25) is 0 Å². The summed E-state index contributed by atoms with van der Waals surface area (Å²) >= 11 is 0. The maximum absolute atomic E-state index is 11.3. The monoisotopic (exact) mass is 178 g/mol. The van der Waals surface area contributed by atoms with Crippen LogP contribution >= 0.6 is 0 Å². The molecule has 2 fully saturated rings. The fourth-order valence-electron chi connectivity index (χ4n) is 2.94. The van der Waals surface area contributed by atoms with E-state index in [1.54, 1.807) is 0 Å². The summed E-state index contributed by atoms with van der Waals surface area (Å²) in [5.41, 5.74) is 0. The van der Waals surface area contributed by atoms with E-state index in [1.807, 2.05) is 0 Å². The van der Waals surface area contributed by atoms with E-state index in [4.69, 9.17) is 4.74 Å². The van der Waals surface area contributed by atoms with Crippen LogP contribution in [-0.4, -0.2) is 11.9 Å². The van der Waals surface area contributed by atoms with Crippen LogP contribution in [0.3, 0.4) is 0 Å². The normalized spacial score (nSPS) is 46.5. The quantitative estimate of drug-likeness (QED) is 0.314. The van der Waals surface area contributed by atoms with Gasteiger partial charge < -0.3 is 4.74 Å². The second kappa shape index (κ2) is 2.22. The fourth-order valence-corrected chi connectivity index (χ4v) is 2.94. The molecule has 3 aliphatic rings. The number of rotatable bonds is 0. The van der Waals surface area contributed by atoms with Gasteiger partial charge in [-0.3, -0.25) is 9.59 Å². The van der Waals surface area contributed by atoms with E-state index in [2.05, 4.69) is 12.2 Å². The molecule has 3 heteroatoms. The van der Waals surface area contributed by atoms with Gasteiger partial charge in [0.05, 0.1) is 11.8 Å². The molecule has 3 rings (SSSR count). The Morgan fingerprint density at radius 1 is 1.23 bits per heavy atom. The average molecular weight is 178 g/mol. The molecule has 2 bridgehead atoms. The van der Waals surface area contributed by atoms with E-state index in [0.717, 1.165) is 12.8 Å². The van der Waals surface area contributed by atoms with Gasteiger partial charge in [-0.05, 0) is 24.7 Å². The third-order valence-corrected chi connectivity index (χ3v) is 3.56. The number of fused-ring (bicyclic) bond motifs is 5. The standard InChI is InChI=1S/C10H10O3/c11-9-7-4-8(10(12)13-9)6-3-1-2-5(6)7/h1-2,5-8H,3-4H2. The van der Waals surface area contributed by atoms with Crippen molar-refractivity contribution in [2.45, 2.75) is 12.8 Å². The summed E-state index contributed by atoms with van der Waals surface area (Å²) in [4.78, 5) is 22.7. The number of hydrogen-bond donors (Lipinski definition) is 0. The Bertz CT molecular complexity index is 318. The van der Waals surface area contributed by atoms with Crippen LogP contribution in [0.15, 0.2) is 12.2 Å². The Hall–Kier alpha value is -1.12. The van der Waals surface area contributed by atoms with Crippen LogP contribution < -0.4 is 0 Å². The average Bonchev–Trinajstić information content (AvgIpc) is 2.58. The fraction of sp³-hybridized carbons (Fsp3) is 0.600. The van der Waals surface area contributed by atoms with E-state index >= 15 is 0 Å². The summed E-state index contributed by atoms with van der Waals surface area (Å²) in [5.74, 6) is -0.0141. The second-order valence-electron chi connectivity index (χ2n) is 4.09. The zero-order valence-corrected chi connectivity index (χ0v) is 7.10. The Kier molecular flexibility index (Phi) is 1.25. The van der Waals surface area contributed by atoms with Gasteiger partial charge in [0, 0.05) is 0 Å². The molecule has 1 saturated carbocycles. The highest BCUT2D eigenvalue weighted by Gasteiger charge is 2.54. The Labute approximate surface area is 75.8 Å². The van der Waals surface area contributed by atoms with Gasteiger partial charge in [-0.25, -0.2) is 0 Å². The van der Waals surface area contributed by atoms with Gasteiger partial charge in [-0.1, -0.05) is 12.2 Å². The van der Waals surface area contributed by atoms with Crippen molar-refractivity contribution in [3.8, 4) is 0 Å². The third-order valence-electron chi connectivity index (χ3n) is 3.56. The van der Waals surface area contributed by atoms with Gasteiger partial charge >= 0.3 is 11.9 Å². The maximum atomic E-state index is 11.3. The minimum Gasteiger partial charge on any atom is -0.393 e. The first-order valence-corrected chi connectivity index (χ1v) is 4.69. The van der Waals surface area contributed by atoms with Crippen molar-refractivity contribution < 1.29 is 14.3 Å². The van der Waals surface area contributed by atoms with Crippen LogP contribution in [0.25, 0.3) is 0 Å². The Morgan fingerprint density at radius 2 is 2.00 bits per heavy atom. The number of carbonyl (C=O) groups excluding carboxylic acids is 2. The maximum Gasteiger partial charge on any atom is 0.317 e. The van der Waals surface area contributed by atoms with Crippen LogP contribution in [-0.2, 0) is 14.3 Å². The van der Waals surface area contributed by atoms with Crippen LogP contribution in [0.4, 0.5) is 0 Å². The molecule has 68 valence electrons. The lowest BCUT2D eigenvalue weighted by atomic mass is 9.91. The van der Waals surface area contributed by atoms with Gasteiger partial charge in [0.15, 0.2) is 0 Å². The minimum absolute atomic E-state index is 0.0114. The first-order valence-electron chi connectivity index (χ1n) is 4.69. The summed E-state index contributed by atoms with van der Waals surface area (Å²) in [6.45, 7) is 0. The van der Waals surface area contributed by atoms with E-state index in [9.17, 15) is 9.59 Å². The van der Waals surface area contributed by atoms with Crippen molar-refractivity contribution in [3.63, 3.8) is 0 Å². The van der Waals surface area contributed by atoms with Crippen molar-refractivity contribution in [2.24, 2.45) is 23.7 Å². The zero-order chi connectivity index (χ0) is 9.00. The molecular weight excluding hydrogens is 168 g/mol. The van der Waals surface area contributed by atoms with Gasteiger partial charge in [-0.15, -0.1) is 0 Å². The minimum atomic E-state index is -0.305.